The minimum absolute atomic E-state index is 0.0491. The molecule has 2 aromatic carbocycles. The van der Waals surface area contributed by atoms with Crippen LogP contribution in [0.4, 0.5) is 0 Å². The highest BCUT2D eigenvalue weighted by Crippen LogP contribution is 2.25. The van der Waals surface area contributed by atoms with Gasteiger partial charge in [-0.2, -0.15) is 0 Å². The average Bonchev–Trinajstić information content (AvgIpc) is 2.38. The highest BCUT2D eigenvalue weighted by molar-refractivity contribution is 6.07. The van der Waals surface area contributed by atoms with Crippen molar-refractivity contribution in [2.75, 3.05) is 0 Å². The van der Waals surface area contributed by atoms with Crippen molar-refractivity contribution in [3.63, 3.8) is 0 Å². The number of carbonyl (C=O) groups is 1. The second kappa shape index (κ2) is 4.05. The van der Waals surface area contributed by atoms with Crippen LogP contribution in [0, 0.1) is 6.92 Å². The smallest absolute Gasteiger partial charge is 0.344 e. The Morgan fingerprint density at radius 2 is 1.79 bits per heavy atom. The maximum absolute atomic E-state index is 12.0. The molecule has 0 aliphatic carbocycles. The van der Waals surface area contributed by atoms with Crippen LogP contribution in [-0.4, -0.2) is 5.78 Å². The molecule has 0 atom stereocenters. The van der Waals surface area contributed by atoms with Crippen molar-refractivity contribution in [2.45, 2.75) is 13.8 Å². The van der Waals surface area contributed by atoms with Crippen molar-refractivity contribution in [3.05, 3.63) is 57.9 Å². The Bertz CT molecular complexity index is 872. The topological polar surface area (TPSA) is 47.3 Å². The van der Waals surface area contributed by atoms with Crippen LogP contribution in [0.5, 0.6) is 0 Å². The summed E-state index contributed by atoms with van der Waals surface area (Å²) in [6, 6.07) is 10.9. The van der Waals surface area contributed by atoms with Crippen LogP contribution in [0.15, 0.2) is 45.6 Å². The molecule has 0 amide bonds. The number of hydrogen-bond acceptors (Lipinski definition) is 3. The lowest BCUT2D eigenvalue weighted by molar-refractivity contribution is 0.101. The lowest BCUT2D eigenvalue weighted by Crippen LogP contribution is -2.04. The van der Waals surface area contributed by atoms with Crippen LogP contribution < -0.4 is 5.63 Å². The molecule has 0 fully saturated rings. The van der Waals surface area contributed by atoms with Crippen LogP contribution in [-0.2, 0) is 0 Å². The highest BCUT2D eigenvalue weighted by atomic mass is 16.4. The van der Waals surface area contributed by atoms with Gasteiger partial charge in [-0.05, 0) is 37.6 Å². The summed E-state index contributed by atoms with van der Waals surface area (Å²) in [5, 5.41) is 2.17. The number of para-hydroxylation sites is 1. The number of carbonyl (C=O) groups excluding carboxylic acids is 1. The Balaban J connectivity index is 2.56. The van der Waals surface area contributed by atoms with Gasteiger partial charge in [0, 0.05) is 16.3 Å². The number of aryl methyl sites for hydroxylation is 1. The van der Waals surface area contributed by atoms with E-state index in [1.165, 1.54) is 6.92 Å². The second-order valence-corrected chi connectivity index (χ2v) is 4.65. The summed E-state index contributed by atoms with van der Waals surface area (Å²) < 4.78 is 5.28. The third kappa shape index (κ3) is 1.74. The largest absolute Gasteiger partial charge is 0.422 e. The van der Waals surface area contributed by atoms with E-state index < -0.39 is 5.63 Å². The van der Waals surface area contributed by atoms with Crippen LogP contribution >= 0.6 is 0 Å². The lowest BCUT2D eigenvalue weighted by atomic mass is 9.99. The van der Waals surface area contributed by atoms with Crippen molar-refractivity contribution in [1.29, 1.82) is 0 Å². The molecule has 94 valence electrons. The summed E-state index contributed by atoms with van der Waals surface area (Å²) in [5.74, 6) is -0.0491. The molecule has 19 heavy (non-hydrogen) atoms. The van der Waals surface area contributed by atoms with Gasteiger partial charge in [-0.1, -0.05) is 18.2 Å². The summed E-state index contributed by atoms with van der Waals surface area (Å²) in [6.45, 7) is 3.37. The molecule has 0 aliphatic heterocycles. The van der Waals surface area contributed by atoms with E-state index in [9.17, 15) is 9.59 Å². The van der Waals surface area contributed by atoms with Crippen molar-refractivity contribution >= 4 is 27.5 Å². The SMILES string of the molecule is CC(=O)c1cc2c(=O)oc3ccccc3c2cc1C. The van der Waals surface area contributed by atoms with E-state index >= 15 is 0 Å². The molecule has 0 bridgehead atoms. The van der Waals surface area contributed by atoms with Gasteiger partial charge in [-0.3, -0.25) is 4.79 Å². The average molecular weight is 252 g/mol. The van der Waals surface area contributed by atoms with Gasteiger partial charge < -0.3 is 4.42 Å². The lowest BCUT2D eigenvalue weighted by Gasteiger charge is -2.06. The molecule has 0 saturated carbocycles. The first-order chi connectivity index (χ1) is 9.08. The van der Waals surface area contributed by atoms with Gasteiger partial charge in [0.1, 0.15) is 5.58 Å². The van der Waals surface area contributed by atoms with E-state index in [0.717, 1.165) is 16.3 Å². The Hall–Kier alpha value is -2.42. The zero-order valence-corrected chi connectivity index (χ0v) is 10.7. The second-order valence-electron chi connectivity index (χ2n) is 4.65. The fourth-order valence-corrected chi connectivity index (χ4v) is 2.41. The molecule has 0 N–H and O–H groups in total. The molecular weight excluding hydrogens is 240 g/mol. The minimum atomic E-state index is -0.406. The molecular formula is C16H12O3. The van der Waals surface area contributed by atoms with Crippen molar-refractivity contribution < 1.29 is 9.21 Å². The Labute approximate surface area is 109 Å². The molecule has 0 spiro atoms. The zero-order valence-electron chi connectivity index (χ0n) is 10.7. The molecule has 3 heteroatoms. The first-order valence-electron chi connectivity index (χ1n) is 6.05. The molecule has 0 radical (unpaired) electrons. The molecule has 3 rings (SSSR count). The van der Waals surface area contributed by atoms with Gasteiger partial charge in [0.25, 0.3) is 0 Å². The molecule has 1 aromatic heterocycles. The highest BCUT2D eigenvalue weighted by Gasteiger charge is 2.11. The first kappa shape index (κ1) is 11.7. The van der Waals surface area contributed by atoms with Crippen molar-refractivity contribution in [3.8, 4) is 0 Å². The monoisotopic (exact) mass is 252 g/mol. The van der Waals surface area contributed by atoms with Gasteiger partial charge in [0.15, 0.2) is 5.78 Å². The fraction of sp³-hybridized carbons (Fsp3) is 0.125. The van der Waals surface area contributed by atoms with Gasteiger partial charge in [-0.25, -0.2) is 4.79 Å². The number of fused-ring (bicyclic) bond motifs is 3. The maximum Gasteiger partial charge on any atom is 0.344 e. The maximum atomic E-state index is 12.0. The van der Waals surface area contributed by atoms with Gasteiger partial charge in [0.2, 0.25) is 0 Å². The van der Waals surface area contributed by atoms with Crippen LogP contribution in [0.3, 0.4) is 0 Å². The van der Waals surface area contributed by atoms with E-state index in [1.54, 1.807) is 12.1 Å². The molecule has 0 saturated heterocycles. The van der Waals surface area contributed by atoms with E-state index in [0.29, 0.717) is 16.5 Å². The van der Waals surface area contributed by atoms with E-state index in [1.807, 2.05) is 31.2 Å². The molecule has 3 aromatic rings. The fourth-order valence-electron chi connectivity index (χ4n) is 2.41. The van der Waals surface area contributed by atoms with Crippen LogP contribution in [0.2, 0.25) is 0 Å². The Morgan fingerprint density at radius 1 is 1.05 bits per heavy atom. The third-order valence-corrected chi connectivity index (χ3v) is 3.34. The van der Waals surface area contributed by atoms with Crippen LogP contribution in [0.25, 0.3) is 21.7 Å². The van der Waals surface area contributed by atoms with Crippen molar-refractivity contribution in [2.24, 2.45) is 0 Å². The van der Waals surface area contributed by atoms with Gasteiger partial charge in [0.05, 0.1) is 5.39 Å². The number of rotatable bonds is 1. The number of benzene rings is 2. The Kier molecular flexibility index (Phi) is 2.49. The summed E-state index contributed by atoms with van der Waals surface area (Å²) in [6.07, 6.45) is 0. The quantitative estimate of drug-likeness (QED) is 0.378. The molecule has 1 heterocycles. The minimum Gasteiger partial charge on any atom is -0.422 e. The summed E-state index contributed by atoms with van der Waals surface area (Å²) in [4.78, 5) is 23.6. The number of ketones is 1. The standard InChI is InChI=1S/C16H12O3/c1-9-7-13-11-5-3-4-6-15(11)19-16(18)14(13)8-12(9)10(2)17/h3-8H,1-2H3. The molecule has 0 unspecified atom stereocenters. The summed E-state index contributed by atoms with van der Waals surface area (Å²) in [5.41, 5.74) is 1.59. The van der Waals surface area contributed by atoms with Gasteiger partial charge in [-0.15, -0.1) is 0 Å². The van der Waals surface area contributed by atoms with E-state index in [4.69, 9.17) is 4.42 Å². The molecule has 0 aliphatic rings. The summed E-state index contributed by atoms with van der Waals surface area (Å²) >= 11 is 0. The normalized spacial score (nSPS) is 11.1. The predicted octanol–water partition coefficient (Wildman–Crippen LogP) is 3.46. The number of hydrogen-bond donors (Lipinski definition) is 0. The first-order valence-corrected chi connectivity index (χ1v) is 6.05. The molecule has 3 nitrogen and oxygen atoms in total. The zero-order chi connectivity index (χ0) is 13.6. The van der Waals surface area contributed by atoms with Crippen LogP contribution in [0.1, 0.15) is 22.8 Å². The Morgan fingerprint density at radius 3 is 2.53 bits per heavy atom. The van der Waals surface area contributed by atoms with E-state index in [2.05, 4.69) is 0 Å². The summed E-state index contributed by atoms with van der Waals surface area (Å²) in [7, 11) is 0. The van der Waals surface area contributed by atoms with Crippen molar-refractivity contribution in [1.82, 2.24) is 0 Å². The predicted molar refractivity (Wildman–Crippen MR) is 74.7 cm³/mol. The van der Waals surface area contributed by atoms with Gasteiger partial charge >= 0.3 is 5.63 Å². The van der Waals surface area contributed by atoms with E-state index in [-0.39, 0.29) is 5.78 Å². The number of Topliss-reactive ketones (excluding diaryl/α,β-unsaturated/α-hetero) is 1. The third-order valence-electron chi connectivity index (χ3n) is 3.34.